The van der Waals surface area contributed by atoms with Gasteiger partial charge in [-0.05, 0) is 50.9 Å². The Kier molecular flexibility index (Phi) is 19.9. The molecule has 0 spiro atoms. The van der Waals surface area contributed by atoms with Crippen molar-refractivity contribution in [2.75, 3.05) is 6.61 Å². The minimum Gasteiger partial charge on any atom is -0.481 e. The first-order chi connectivity index (χ1) is 13.2. The van der Waals surface area contributed by atoms with Gasteiger partial charge in [-0.1, -0.05) is 81.9 Å². The molecule has 0 saturated heterocycles. The second-order valence-electron chi connectivity index (χ2n) is 7.34. The van der Waals surface area contributed by atoms with Crippen LogP contribution in [0, 0.1) is 5.92 Å². The van der Waals surface area contributed by atoms with Gasteiger partial charge in [-0.25, -0.2) is 0 Å². The van der Waals surface area contributed by atoms with Crippen LogP contribution in [-0.2, 0) is 4.79 Å². The molecule has 0 aliphatic heterocycles. The average Bonchev–Trinajstić information content (AvgIpc) is 2.65. The lowest BCUT2D eigenvalue weighted by molar-refractivity contribution is -0.137. The van der Waals surface area contributed by atoms with E-state index in [9.17, 15) is 9.90 Å². The predicted octanol–water partition coefficient (Wildman–Crippen LogP) is 6.83. The number of aliphatic hydroxyl groups excluding tert-OH is 1. The summed E-state index contributed by atoms with van der Waals surface area (Å²) in [7, 11) is 0. The Morgan fingerprint density at radius 2 is 1.48 bits per heavy atom. The van der Waals surface area contributed by atoms with Crippen LogP contribution >= 0.6 is 0 Å². The zero-order chi connectivity index (χ0) is 20.0. The molecule has 0 amide bonds. The van der Waals surface area contributed by atoms with E-state index in [0.717, 1.165) is 51.4 Å². The van der Waals surface area contributed by atoms with Crippen molar-refractivity contribution >= 4 is 5.97 Å². The van der Waals surface area contributed by atoms with Crippen LogP contribution in [0.15, 0.2) is 36.5 Å². The Labute approximate surface area is 167 Å². The molecular weight excluding hydrogens is 336 g/mol. The lowest BCUT2D eigenvalue weighted by atomic mass is 9.94. The van der Waals surface area contributed by atoms with E-state index in [1.807, 2.05) is 0 Å². The highest BCUT2D eigenvalue weighted by molar-refractivity contribution is 5.66. The molecule has 0 bridgehead atoms. The van der Waals surface area contributed by atoms with Crippen LogP contribution in [0.3, 0.4) is 0 Å². The maximum atomic E-state index is 10.4. The maximum absolute atomic E-state index is 10.4. The number of carboxylic acids is 1. The highest BCUT2D eigenvalue weighted by Gasteiger charge is 2.05. The van der Waals surface area contributed by atoms with E-state index in [1.54, 1.807) is 0 Å². The van der Waals surface area contributed by atoms with Crippen molar-refractivity contribution in [3.05, 3.63) is 36.5 Å². The second kappa shape index (κ2) is 21.0. The third-order valence-corrected chi connectivity index (χ3v) is 4.78. The summed E-state index contributed by atoms with van der Waals surface area (Å²) in [6, 6.07) is 0. The summed E-state index contributed by atoms with van der Waals surface area (Å²) in [6.07, 6.45) is 27.9. The normalized spacial score (nSPS) is 13.3. The van der Waals surface area contributed by atoms with E-state index in [2.05, 4.69) is 43.4 Å². The minimum atomic E-state index is -0.694. The van der Waals surface area contributed by atoms with Crippen molar-refractivity contribution in [3.63, 3.8) is 0 Å². The third kappa shape index (κ3) is 20.8. The van der Waals surface area contributed by atoms with Crippen LogP contribution < -0.4 is 0 Å². The summed E-state index contributed by atoms with van der Waals surface area (Å²) in [5.74, 6) is -0.0638. The van der Waals surface area contributed by atoms with Gasteiger partial charge in [0.25, 0.3) is 0 Å². The molecule has 0 radical (unpaired) electrons. The molecule has 156 valence electrons. The molecule has 2 N–H and O–H groups in total. The first-order valence-corrected chi connectivity index (χ1v) is 11.0. The van der Waals surface area contributed by atoms with E-state index in [-0.39, 0.29) is 0 Å². The standard InChI is InChI=1S/C24H42O3/c1-2-3-4-15-18-23(21-22-25)19-16-13-11-9-7-5-6-8-10-12-14-17-20-24(26)27/h6-9,13,16,23,25H,2-5,10-12,14-15,17-22H2,1H3,(H,26,27). The Hall–Kier alpha value is -1.35. The lowest BCUT2D eigenvalue weighted by Gasteiger charge is -2.13. The van der Waals surface area contributed by atoms with Crippen molar-refractivity contribution in [1.82, 2.24) is 0 Å². The van der Waals surface area contributed by atoms with Crippen LogP contribution in [0.5, 0.6) is 0 Å². The number of hydrogen-bond donors (Lipinski definition) is 2. The number of carboxylic acid groups (broad SMARTS) is 1. The summed E-state index contributed by atoms with van der Waals surface area (Å²) >= 11 is 0. The molecule has 0 aliphatic rings. The molecule has 3 nitrogen and oxygen atoms in total. The van der Waals surface area contributed by atoms with E-state index in [4.69, 9.17) is 5.11 Å². The minimum absolute atomic E-state index is 0.291. The third-order valence-electron chi connectivity index (χ3n) is 4.78. The maximum Gasteiger partial charge on any atom is 0.303 e. The van der Waals surface area contributed by atoms with Crippen LogP contribution in [0.25, 0.3) is 0 Å². The average molecular weight is 379 g/mol. The van der Waals surface area contributed by atoms with Gasteiger partial charge in [0, 0.05) is 13.0 Å². The second-order valence-corrected chi connectivity index (χ2v) is 7.34. The van der Waals surface area contributed by atoms with Crippen LogP contribution in [0.1, 0.15) is 96.8 Å². The van der Waals surface area contributed by atoms with E-state index >= 15 is 0 Å². The molecule has 0 aliphatic carbocycles. The highest BCUT2D eigenvalue weighted by atomic mass is 16.4. The zero-order valence-electron chi connectivity index (χ0n) is 17.5. The van der Waals surface area contributed by atoms with Gasteiger partial charge in [0.05, 0.1) is 0 Å². The summed E-state index contributed by atoms with van der Waals surface area (Å²) in [6.45, 7) is 2.54. The van der Waals surface area contributed by atoms with Gasteiger partial charge in [0.1, 0.15) is 0 Å². The summed E-state index contributed by atoms with van der Waals surface area (Å²) in [5, 5.41) is 17.8. The fraction of sp³-hybridized carbons (Fsp3) is 0.708. The summed E-state index contributed by atoms with van der Waals surface area (Å²) in [4.78, 5) is 10.4. The number of aliphatic hydroxyl groups is 1. The first kappa shape index (κ1) is 25.6. The molecule has 3 heteroatoms. The smallest absolute Gasteiger partial charge is 0.303 e. The molecule has 0 heterocycles. The number of allylic oxidation sites excluding steroid dienone is 6. The highest BCUT2D eigenvalue weighted by Crippen LogP contribution is 2.18. The van der Waals surface area contributed by atoms with Crippen molar-refractivity contribution < 1.29 is 15.0 Å². The van der Waals surface area contributed by atoms with Crippen molar-refractivity contribution in [2.24, 2.45) is 5.92 Å². The Morgan fingerprint density at radius 3 is 2.15 bits per heavy atom. The number of hydrogen-bond acceptors (Lipinski definition) is 2. The molecule has 0 saturated carbocycles. The van der Waals surface area contributed by atoms with E-state index in [1.165, 1.54) is 32.1 Å². The van der Waals surface area contributed by atoms with Crippen LogP contribution in [0.2, 0.25) is 0 Å². The van der Waals surface area contributed by atoms with Crippen molar-refractivity contribution in [1.29, 1.82) is 0 Å². The Bertz CT molecular complexity index is 410. The molecule has 0 aromatic rings. The Balaban J connectivity index is 3.66. The molecule has 27 heavy (non-hydrogen) atoms. The monoisotopic (exact) mass is 378 g/mol. The topological polar surface area (TPSA) is 57.5 Å². The number of rotatable bonds is 19. The molecule has 0 aromatic carbocycles. The van der Waals surface area contributed by atoms with Crippen LogP contribution in [-0.4, -0.2) is 22.8 Å². The van der Waals surface area contributed by atoms with Gasteiger partial charge in [-0.3, -0.25) is 4.79 Å². The fourth-order valence-electron chi connectivity index (χ4n) is 3.09. The summed E-state index contributed by atoms with van der Waals surface area (Å²) in [5.41, 5.74) is 0. The molecule has 0 aromatic heterocycles. The van der Waals surface area contributed by atoms with Gasteiger partial charge in [0.2, 0.25) is 0 Å². The van der Waals surface area contributed by atoms with Gasteiger partial charge in [0.15, 0.2) is 0 Å². The van der Waals surface area contributed by atoms with Crippen molar-refractivity contribution in [2.45, 2.75) is 96.8 Å². The Morgan fingerprint density at radius 1 is 0.815 bits per heavy atom. The number of unbranched alkanes of at least 4 members (excludes halogenated alkanes) is 6. The number of aliphatic carboxylic acids is 1. The quantitative estimate of drug-likeness (QED) is 0.191. The first-order valence-electron chi connectivity index (χ1n) is 11.0. The number of carbonyl (C=O) groups is 1. The molecule has 1 unspecified atom stereocenters. The van der Waals surface area contributed by atoms with Gasteiger partial charge < -0.3 is 10.2 Å². The van der Waals surface area contributed by atoms with Crippen LogP contribution in [0.4, 0.5) is 0 Å². The molecular formula is C24H42O3. The lowest BCUT2D eigenvalue weighted by Crippen LogP contribution is -2.02. The SMILES string of the molecule is CCCCCCC(CC=CCC=CCC=CCCCCCC(=O)O)CCO. The molecule has 0 fully saturated rings. The predicted molar refractivity (Wildman–Crippen MR) is 116 cm³/mol. The van der Waals surface area contributed by atoms with Crippen molar-refractivity contribution in [3.8, 4) is 0 Å². The van der Waals surface area contributed by atoms with Gasteiger partial charge >= 0.3 is 5.97 Å². The van der Waals surface area contributed by atoms with Gasteiger partial charge in [-0.15, -0.1) is 0 Å². The summed E-state index contributed by atoms with van der Waals surface area (Å²) < 4.78 is 0. The zero-order valence-corrected chi connectivity index (χ0v) is 17.5. The van der Waals surface area contributed by atoms with Gasteiger partial charge in [-0.2, -0.15) is 0 Å². The molecule has 1 atom stereocenters. The van der Waals surface area contributed by atoms with E-state index < -0.39 is 5.97 Å². The molecule has 0 rings (SSSR count). The fourth-order valence-corrected chi connectivity index (χ4v) is 3.09. The van der Waals surface area contributed by atoms with E-state index in [0.29, 0.717) is 18.9 Å². The largest absolute Gasteiger partial charge is 0.481 e.